The fourth-order valence-corrected chi connectivity index (χ4v) is 3.84. The van der Waals surface area contributed by atoms with Crippen LogP contribution in [0, 0.1) is 6.92 Å². The van der Waals surface area contributed by atoms with E-state index < -0.39 is 0 Å². The summed E-state index contributed by atoms with van der Waals surface area (Å²) < 4.78 is 7.75. The van der Waals surface area contributed by atoms with Crippen LogP contribution in [0.3, 0.4) is 0 Å². The van der Waals surface area contributed by atoms with Crippen molar-refractivity contribution in [1.82, 2.24) is 14.8 Å². The monoisotopic (exact) mass is 462 g/mol. The molecule has 3 aromatic rings. The van der Waals surface area contributed by atoms with Crippen molar-refractivity contribution in [3.05, 3.63) is 76.6 Å². The van der Waals surface area contributed by atoms with E-state index >= 15 is 0 Å². The largest absolute Gasteiger partial charge is 0.485 e. The first kappa shape index (κ1) is 22.2. The quantitative estimate of drug-likeness (QED) is 0.341. The van der Waals surface area contributed by atoms with Gasteiger partial charge in [-0.3, -0.25) is 9.36 Å². The molecular formula is C21H20Cl2N4O2S. The van der Waals surface area contributed by atoms with Crippen LogP contribution in [0.5, 0.6) is 5.75 Å². The first-order valence-electron chi connectivity index (χ1n) is 9.06. The Balaban J connectivity index is 1.63. The number of hydrogen-bond acceptors (Lipinski definition) is 5. The second-order valence-corrected chi connectivity index (χ2v) is 8.16. The Morgan fingerprint density at radius 1 is 1.23 bits per heavy atom. The van der Waals surface area contributed by atoms with Crippen molar-refractivity contribution < 1.29 is 9.53 Å². The lowest BCUT2D eigenvalue weighted by atomic mass is 10.2. The van der Waals surface area contributed by atoms with Gasteiger partial charge in [0.15, 0.2) is 11.0 Å². The van der Waals surface area contributed by atoms with Crippen LogP contribution < -0.4 is 10.1 Å². The van der Waals surface area contributed by atoms with Crippen LogP contribution in [0.4, 0.5) is 5.69 Å². The number of hydrogen-bond donors (Lipinski definition) is 1. The number of nitrogens with zero attached hydrogens (tertiary/aromatic N) is 3. The first-order chi connectivity index (χ1) is 14.5. The molecule has 0 aliphatic carbocycles. The topological polar surface area (TPSA) is 69.0 Å². The van der Waals surface area contributed by atoms with Gasteiger partial charge in [-0.25, -0.2) is 0 Å². The molecule has 0 fully saturated rings. The highest BCUT2D eigenvalue weighted by atomic mass is 35.5. The Kier molecular flexibility index (Phi) is 7.79. The van der Waals surface area contributed by atoms with Gasteiger partial charge in [-0.2, -0.15) is 0 Å². The molecule has 0 bridgehead atoms. The molecule has 1 amide bonds. The van der Waals surface area contributed by atoms with Gasteiger partial charge < -0.3 is 10.1 Å². The number of nitrogens with one attached hydrogen (secondary N) is 1. The van der Waals surface area contributed by atoms with Gasteiger partial charge in [0.2, 0.25) is 5.91 Å². The molecule has 0 aliphatic rings. The Hall–Kier alpha value is -2.48. The number of carbonyl (C=O) groups excluding carboxylic acids is 1. The molecule has 0 saturated heterocycles. The van der Waals surface area contributed by atoms with Gasteiger partial charge in [0.25, 0.3) is 0 Å². The maximum Gasteiger partial charge on any atom is 0.234 e. The lowest BCUT2D eigenvalue weighted by Crippen LogP contribution is -2.15. The van der Waals surface area contributed by atoms with Gasteiger partial charge in [0.05, 0.1) is 5.75 Å². The summed E-state index contributed by atoms with van der Waals surface area (Å²) in [4.78, 5) is 12.3. The number of rotatable bonds is 9. The average Bonchev–Trinajstić information content (AvgIpc) is 3.08. The van der Waals surface area contributed by atoms with E-state index in [1.807, 2.05) is 23.6 Å². The van der Waals surface area contributed by atoms with Crippen LogP contribution in [0.1, 0.15) is 11.4 Å². The van der Waals surface area contributed by atoms with E-state index in [1.54, 1.807) is 36.4 Å². The highest BCUT2D eigenvalue weighted by Gasteiger charge is 2.15. The molecule has 1 aromatic heterocycles. The average molecular weight is 463 g/mol. The summed E-state index contributed by atoms with van der Waals surface area (Å²) in [5, 5.41) is 13.1. The predicted octanol–water partition coefficient (Wildman–Crippen LogP) is 5.39. The Labute approximate surface area is 189 Å². The van der Waals surface area contributed by atoms with Crippen molar-refractivity contribution in [2.75, 3.05) is 11.1 Å². The summed E-state index contributed by atoms with van der Waals surface area (Å²) in [5.74, 6) is 1.38. The standard InChI is InChI=1S/C21H20Cl2N4O2S/c1-3-9-27-19(12-29-18-8-7-16(23)10-14(18)2)25-26-21(27)30-13-20(28)24-17-6-4-5-15(22)11-17/h3-8,10-11H,1,9,12-13H2,2H3,(H,24,28). The van der Waals surface area contributed by atoms with Crippen molar-refractivity contribution in [2.24, 2.45) is 0 Å². The van der Waals surface area contributed by atoms with Crippen molar-refractivity contribution in [2.45, 2.75) is 25.2 Å². The van der Waals surface area contributed by atoms with Crippen LogP contribution in [-0.4, -0.2) is 26.4 Å². The van der Waals surface area contributed by atoms with Crippen LogP contribution in [0.15, 0.2) is 60.3 Å². The minimum atomic E-state index is -0.162. The first-order valence-corrected chi connectivity index (χ1v) is 10.8. The van der Waals surface area contributed by atoms with Gasteiger partial charge in [0.1, 0.15) is 12.4 Å². The summed E-state index contributed by atoms with van der Waals surface area (Å²) in [6, 6.07) is 12.4. The Morgan fingerprint density at radius 3 is 2.77 bits per heavy atom. The second-order valence-electron chi connectivity index (χ2n) is 6.34. The zero-order chi connectivity index (χ0) is 21.5. The molecule has 156 valence electrons. The third-order valence-electron chi connectivity index (χ3n) is 4.04. The van der Waals surface area contributed by atoms with Gasteiger partial charge in [0, 0.05) is 22.3 Å². The fraction of sp³-hybridized carbons (Fsp3) is 0.190. The minimum absolute atomic E-state index is 0.162. The number of carbonyl (C=O) groups is 1. The zero-order valence-corrected chi connectivity index (χ0v) is 18.6. The number of aromatic nitrogens is 3. The third kappa shape index (κ3) is 6.01. The van der Waals surface area contributed by atoms with E-state index in [1.165, 1.54) is 11.8 Å². The number of ether oxygens (including phenoxy) is 1. The number of halogens is 2. The third-order valence-corrected chi connectivity index (χ3v) is 5.48. The molecule has 1 heterocycles. The molecule has 6 nitrogen and oxygen atoms in total. The number of anilines is 1. The maximum atomic E-state index is 12.3. The number of amides is 1. The van der Waals surface area contributed by atoms with E-state index in [4.69, 9.17) is 27.9 Å². The molecule has 0 radical (unpaired) electrons. The smallest absolute Gasteiger partial charge is 0.234 e. The van der Waals surface area contributed by atoms with Crippen LogP contribution in [-0.2, 0) is 17.9 Å². The Morgan fingerprint density at radius 2 is 2.03 bits per heavy atom. The highest BCUT2D eigenvalue weighted by Crippen LogP contribution is 2.24. The normalized spacial score (nSPS) is 10.6. The molecule has 0 atom stereocenters. The second kappa shape index (κ2) is 10.5. The number of allylic oxidation sites excluding steroid dienone is 1. The molecule has 30 heavy (non-hydrogen) atoms. The molecule has 2 aromatic carbocycles. The lowest BCUT2D eigenvalue weighted by Gasteiger charge is -2.11. The highest BCUT2D eigenvalue weighted by molar-refractivity contribution is 7.99. The summed E-state index contributed by atoms with van der Waals surface area (Å²) in [6.07, 6.45) is 1.75. The molecule has 0 aliphatic heterocycles. The van der Waals surface area contributed by atoms with E-state index in [0.29, 0.717) is 33.3 Å². The minimum Gasteiger partial charge on any atom is -0.485 e. The summed E-state index contributed by atoms with van der Waals surface area (Å²) in [5.41, 5.74) is 1.58. The molecule has 9 heteroatoms. The molecule has 1 N–H and O–H groups in total. The van der Waals surface area contributed by atoms with Gasteiger partial charge in [-0.1, -0.05) is 47.1 Å². The van der Waals surface area contributed by atoms with Gasteiger partial charge >= 0.3 is 0 Å². The van der Waals surface area contributed by atoms with Crippen molar-refractivity contribution in [3.8, 4) is 5.75 Å². The SMILES string of the molecule is C=CCn1c(COc2ccc(Cl)cc2C)nnc1SCC(=O)Nc1cccc(Cl)c1. The summed E-state index contributed by atoms with van der Waals surface area (Å²) >= 11 is 13.2. The zero-order valence-electron chi connectivity index (χ0n) is 16.3. The van der Waals surface area contributed by atoms with Gasteiger partial charge in [-0.05, 0) is 48.9 Å². The number of aryl methyl sites for hydroxylation is 1. The predicted molar refractivity (Wildman–Crippen MR) is 122 cm³/mol. The number of benzene rings is 2. The lowest BCUT2D eigenvalue weighted by molar-refractivity contribution is -0.113. The Bertz CT molecular complexity index is 1060. The molecule has 3 rings (SSSR count). The van der Waals surface area contributed by atoms with E-state index in [2.05, 4.69) is 22.1 Å². The van der Waals surface area contributed by atoms with E-state index in [9.17, 15) is 4.79 Å². The molecule has 0 unspecified atom stereocenters. The maximum absolute atomic E-state index is 12.3. The fourth-order valence-electron chi connectivity index (χ4n) is 2.66. The van der Waals surface area contributed by atoms with Crippen molar-refractivity contribution in [1.29, 1.82) is 0 Å². The van der Waals surface area contributed by atoms with E-state index in [-0.39, 0.29) is 18.3 Å². The van der Waals surface area contributed by atoms with Crippen LogP contribution >= 0.6 is 35.0 Å². The molecular weight excluding hydrogens is 443 g/mol. The van der Waals surface area contributed by atoms with Crippen molar-refractivity contribution >= 4 is 46.6 Å². The van der Waals surface area contributed by atoms with Gasteiger partial charge in [-0.15, -0.1) is 16.8 Å². The number of thioether (sulfide) groups is 1. The summed E-state index contributed by atoms with van der Waals surface area (Å²) in [6.45, 7) is 6.45. The molecule has 0 saturated carbocycles. The molecule has 0 spiro atoms. The van der Waals surface area contributed by atoms with Crippen molar-refractivity contribution in [3.63, 3.8) is 0 Å². The van der Waals surface area contributed by atoms with Crippen LogP contribution in [0.25, 0.3) is 0 Å². The van der Waals surface area contributed by atoms with E-state index in [0.717, 1.165) is 11.3 Å². The van der Waals surface area contributed by atoms with Crippen LogP contribution in [0.2, 0.25) is 10.0 Å². The summed E-state index contributed by atoms with van der Waals surface area (Å²) in [7, 11) is 0.